The first-order valence-corrected chi connectivity index (χ1v) is 28.2. The molecule has 0 aromatic heterocycles. The molecular formula is C56H110N2O4. The normalized spacial score (nSPS) is 12.4. The van der Waals surface area contributed by atoms with Crippen LogP contribution in [0.5, 0.6) is 0 Å². The third-order valence-corrected chi connectivity index (χ3v) is 13.6. The minimum absolute atomic E-state index is 0.0259. The average Bonchev–Trinajstić information content (AvgIpc) is 3.26. The summed E-state index contributed by atoms with van der Waals surface area (Å²) < 4.78 is 0. The Morgan fingerprint density at radius 1 is 0.339 bits per heavy atom. The minimum atomic E-state index is -0.867. The summed E-state index contributed by atoms with van der Waals surface area (Å²) in [6.45, 7) is 7.02. The molecule has 0 aromatic carbocycles. The topological polar surface area (TPSA) is 95.5 Å². The summed E-state index contributed by atoms with van der Waals surface area (Å²) in [6.07, 6.45) is 57.7. The first kappa shape index (κ1) is 60.4. The Hall–Kier alpha value is -1.59. The predicted octanol–water partition coefficient (Wildman–Crippen LogP) is 17.7. The summed E-state index contributed by atoms with van der Waals surface area (Å²) in [5, 5.41) is 16.5. The van der Waals surface area contributed by atoms with Crippen molar-refractivity contribution in [3.8, 4) is 0 Å². The highest BCUT2D eigenvalue weighted by Gasteiger charge is 2.29. The molecule has 6 nitrogen and oxygen atoms in total. The molecule has 2 amide bonds. The summed E-state index contributed by atoms with van der Waals surface area (Å²) in [5.41, 5.74) is 0. The zero-order valence-electron chi connectivity index (χ0n) is 42.3. The van der Waals surface area contributed by atoms with E-state index in [1.54, 1.807) is 0 Å². The van der Waals surface area contributed by atoms with Gasteiger partial charge in [0.25, 0.3) is 0 Å². The summed E-state index contributed by atoms with van der Waals surface area (Å²) in [7, 11) is 0. The summed E-state index contributed by atoms with van der Waals surface area (Å²) in [5.74, 6) is -1.66. The van der Waals surface area contributed by atoms with Gasteiger partial charge in [0, 0.05) is 19.4 Å². The van der Waals surface area contributed by atoms with Crippen LogP contribution in [0.2, 0.25) is 0 Å². The lowest BCUT2D eigenvalue weighted by Crippen LogP contribution is -2.50. The summed E-state index contributed by atoms with van der Waals surface area (Å²) >= 11 is 0. The number of hydrogen-bond donors (Lipinski definition) is 3. The van der Waals surface area contributed by atoms with E-state index < -0.39 is 17.9 Å². The second kappa shape index (κ2) is 50.4. The van der Waals surface area contributed by atoms with Crippen LogP contribution in [0.15, 0.2) is 0 Å². The van der Waals surface area contributed by atoms with Gasteiger partial charge in [0.05, 0.1) is 12.0 Å². The molecule has 0 heterocycles. The van der Waals surface area contributed by atoms with E-state index in [1.807, 2.05) is 0 Å². The second-order valence-corrected chi connectivity index (χ2v) is 19.7. The number of carbonyl (C=O) groups excluding carboxylic acids is 2. The van der Waals surface area contributed by atoms with Gasteiger partial charge in [-0.05, 0) is 19.3 Å². The van der Waals surface area contributed by atoms with Gasteiger partial charge >= 0.3 is 5.97 Å². The molecule has 6 heteroatoms. The van der Waals surface area contributed by atoms with Gasteiger partial charge in [0.1, 0.15) is 0 Å². The number of unbranched alkanes of at least 4 members (excludes halogenated alkanes) is 41. The number of carboxylic acids is 1. The lowest BCUT2D eigenvalue weighted by Gasteiger charge is -2.26. The van der Waals surface area contributed by atoms with Crippen LogP contribution in [0.4, 0.5) is 0 Å². The number of carboxylic acid groups (broad SMARTS) is 1. The van der Waals surface area contributed by atoms with E-state index in [9.17, 15) is 19.5 Å². The quantitative estimate of drug-likeness (QED) is 0.0531. The van der Waals surface area contributed by atoms with Crippen molar-refractivity contribution in [1.29, 1.82) is 0 Å². The molecule has 0 aliphatic carbocycles. The number of aliphatic carboxylic acids is 1. The number of rotatable bonds is 52. The maximum atomic E-state index is 13.2. The Balaban J connectivity index is 4.54. The molecule has 0 aromatic rings. The van der Waals surface area contributed by atoms with Crippen LogP contribution >= 0.6 is 0 Å². The molecule has 3 N–H and O–H groups in total. The zero-order valence-corrected chi connectivity index (χ0v) is 42.3. The first-order valence-electron chi connectivity index (χ1n) is 28.2. The largest absolute Gasteiger partial charge is 0.481 e. The third kappa shape index (κ3) is 45.0. The Kier molecular flexibility index (Phi) is 49.1. The molecule has 0 fully saturated rings. The van der Waals surface area contributed by atoms with Crippen LogP contribution in [-0.4, -0.2) is 35.5 Å². The van der Waals surface area contributed by atoms with Gasteiger partial charge in [0.2, 0.25) is 11.8 Å². The Morgan fingerprint density at radius 2 is 0.581 bits per heavy atom. The van der Waals surface area contributed by atoms with Crippen LogP contribution in [-0.2, 0) is 14.4 Å². The van der Waals surface area contributed by atoms with Gasteiger partial charge < -0.3 is 15.7 Å². The van der Waals surface area contributed by atoms with Gasteiger partial charge in [-0.1, -0.05) is 290 Å². The van der Waals surface area contributed by atoms with Crippen LogP contribution in [0.3, 0.4) is 0 Å². The molecule has 0 rings (SSSR count). The molecule has 0 radical (unpaired) electrons. The molecule has 62 heavy (non-hydrogen) atoms. The molecule has 0 saturated carbocycles. The van der Waals surface area contributed by atoms with Crippen molar-refractivity contribution < 1.29 is 19.5 Å². The second-order valence-electron chi connectivity index (χ2n) is 19.7. The van der Waals surface area contributed by atoms with Gasteiger partial charge in [-0.3, -0.25) is 14.4 Å². The van der Waals surface area contributed by atoms with Gasteiger partial charge in [0.15, 0.2) is 0 Å². The van der Waals surface area contributed by atoms with E-state index >= 15 is 0 Å². The van der Waals surface area contributed by atoms with Crippen LogP contribution < -0.4 is 10.6 Å². The highest BCUT2D eigenvalue weighted by Crippen LogP contribution is 2.20. The maximum Gasteiger partial charge on any atom is 0.308 e. The summed E-state index contributed by atoms with van der Waals surface area (Å²) in [4.78, 5) is 38.7. The molecule has 2 unspecified atom stereocenters. The fraction of sp³-hybridized carbons (Fsp3) is 0.946. The molecule has 0 aliphatic heterocycles. The monoisotopic (exact) mass is 875 g/mol. The van der Waals surface area contributed by atoms with E-state index in [0.717, 1.165) is 51.4 Å². The molecule has 0 bridgehead atoms. The Labute approximate surface area is 387 Å². The van der Waals surface area contributed by atoms with Crippen LogP contribution in [0.25, 0.3) is 0 Å². The lowest BCUT2D eigenvalue weighted by atomic mass is 9.92. The Morgan fingerprint density at radius 3 is 0.855 bits per heavy atom. The van der Waals surface area contributed by atoms with E-state index in [1.165, 1.54) is 231 Å². The average molecular weight is 876 g/mol. The molecule has 368 valence electrons. The lowest BCUT2D eigenvalue weighted by molar-refractivity contribution is -0.143. The molecule has 0 saturated heterocycles. The molecule has 2 atom stereocenters. The third-order valence-electron chi connectivity index (χ3n) is 13.6. The van der Waals surface area contributed by atoms with Crippen molar-refractivity contribution >= 4 is 17.8 Å². The first-order chi connectivity index (χ1) is 30.5. The smallest absolute Gasteiger partial charge is 0.308 e. The number of nitrogens with one attached hydrogen (secondary N) is 2. The van der Waals surface area contributed by atoms with Crippen molar-refractivity contribution in [2.75, 3.05) is 6.54 Å². The highest BCUT2D eigenvalue weighted by molar-refractivity contribution is 5.79. The van der Waals surface area contributed by atoms with Crippen molar-refractivity contribution in [2.45, 2.75) is 329 Å². The van der Waals surface area contributed by atoms with Crippen LogP contribution in [0, 0.1) is 5.92 Å². The van der Waals surface area contributed by atoms with Crippen LogP contribution in [0.1, 0.15) is 323 Å². The van der Waals surface area contributed by atoms with Crippen molar-refractivity contribution in [3.05, 3.63) is 0 Å². The standard InChI is InChI=1S/C56H110N2O4/c1-4-7-10-13-16-19-22-25-28-31-34-37-40-43-46-49-54(59)57-51-53(52(56(61)62)48-45-42-39-36-33-30-27-24-21-18-15-12-9-6-3)58-55(60)50-47-44-41-38-35-32-29-26-23-20-17-14-11-8-5-2/h52-53H,4-51H2,1-3H3,(H,57,59)(H,58,60)(H,61,62). The SMILES string of the molecule is CCCCCCCCCCCCCCCCCC(=O)NCC(NC(=O)CCCCCCCCCCCCCCCCC)C(CCCCCCCCCCCCCCCC)C(=O)O. The Bertz CT molecular complexity index is 941. The van der Waals surface area contributed by atoms with Gasteiger partial charge in [-0.25, -0.2) is 0 Å². The minimum Gasteiger partial charge on any atom is -0.481 e. The van der Waals surface area contributed by atoms with Crippen molar-refractivity contribution in [1.82, 2.24) is 10.6 Å². The van der Waals surface area contributed by atoms with Crippen molar-refractivity contribution in [3.63, 3.8) is 0 Å². The molecule has 0 spiro atoms. The highest BCUT2D eigenvalue weighted by atomic mass is 16.4. The van der Waals surface area contributed by atoms with Gasteiger partial charge in [-0.2, -0.15) is 0 Å². The van der Waals surface area contributed by atoms with Gasteiger partial charge in [-0.15, -0.1) is 0 Å². The number of hydrogen-bond acceptors (Lipinski definition) is 3. The predicted molar refractivity (Wildman–Crippen MR) is 270 cm³/mol. The maximum absolute atomic E-state index is 13.2. The zero-order chi connectivity index (χ0) is 45.2. The molecule has 0 aliphatic rings. The van der Waals surface area contributed by atoms with Crippen molar-refractivity contribution in [2.24, 2.45) is 5.92 Å². The fourth-order valence-electron chi connectivity index (χ4n) is 9.25. The van der Waals surface area contributed by atoms with E-state index in [4.69, 9.17) is 0 Å². The van der Waals surface area contributed by atoms with E-state index in [2.05, 4.69) is 31.4 Å². The summed E-state index contributed by atoms with van der Waals surface area (Å²) in [6, 6.07) is -0.580. The number of carbonyl (C=O) groups is 3. The van der Waals surface area contributed by atoms with E-state index in [0.29, 0.717) is 19.3 Å². The number of amides is 2. The van der Waals surface area contributed by atoms with E-state index in [-0.39, 0.29) is 18.4 Å². The molecular weight excluding hydrogens is 765 g/mol. The fourth-order valence-corrected chi connectivity index (χ4v) is 9.25.